The molecule has 4 rings (SSSR count). The van der Waals surface area contributed by atoms with Crippen LogP contribution >= 0.6 is 22.9 Å². The second-order valence-corrected chi connectivity index (χ2v) is 7.36. The van der Waals surface area contributed by atoms with Crippen LogP contribution in [-0.4, -0.2) is 50.9 Å². The Balaban J connectivity index is 1.67. The average Bonchev–Trinajstić information content (AvgIpc) is 3.23. The molecule has 1 aliphatic heterocycles. The van der Waals surface area contributed by atoms with Crippen molar-refractivity contribution in [2.24, 2.45) is 0 Å². The molecule has 0 amide bonds. The molecule has 0 aliphatic carbocycles. The Bertz CT molecular complexity index is 869. The molecule has 4 heterocycles. The third kappa shape index (κ3) is 3.47. The number of piperazine rings is 1. The standard InChI is InChI=1S/C16H20ClN7S/c1-2-3-13-20-11(10-25-13)9-24-15-12(8-19-24)14(21-16(17)22-15)23-6-4-18-5-7-23/h8,10,18H,2-7,9H2,1H3. The molecule has 7 nitrogen and oxygen atoms in total. The Labute approximate surface area is 155 Å². The van der Waals surface area contributed by atoms with Gasteiger partial charge in [-0.05, 0) is 24.4 Å². The van der Waals surface area contributed by atoms with Crippen LogP contribution in [0.5, 0.6) is 0 Å². The van der Waals surface area contributed by atoms with Crippen molar-refractivity contribution < 1.29 is 0 Å². The lowest BCUT2D eigenvalue weighted by Crippen LogP contribution is -2.44. The summed E-state index contributed by atoms with van der Waals surface area (Å²) in [6.45, 7) is 6.45. The van der Waals surface area contributed by atoms with Gasteiger partial charge in [0.1, 0.15) is 5.82 Å². The van der Waals surface area contributed by atoms with Crippen LogP contribution in [0.3, 0.4) is 0 Å². The number of hydrogen-bond acceptors (Lipinski definition) is 7. The zero-order valence-electron chi connectivity index (χ0n) is 14.1. The van der Waals surface area contributed by atoms with Gasteiger partial charge in [-0.1, -0.05) is 6.92 Å². The van der Waals surface area contributed by atoms with Crippen molar-refractivity contribution >= 4 is 39.8 Å². The van der Waals surface area contributed by atoms with Crippen molar-refractivity contribution in [2.45, 2.75) is 26.3 Å². The highest BCUT2D eigenvalue weighted by atomic mass is 35.5. The lowest BCUT2D eigenvalue weighted by molar-refractivity contribution is 0.586. The van der Waals surface area contributed by atoms with E-state index in [1.807, 2.05) is 10.9 Å². The van der Waals surface area contributed by atoms with Crippen LogP contribution in [0.4, 0.5) is 5.82 Å². The third-order valence-electron chi connectivity index (χ3n) is 4.24. The van der Waals surface area contributed by atoms with Crippen LogP contribution in [0.2, 0.25) is 5.28 Å². The molecule has 0 aromatic carbocycles. The Morgan fingerprint density at radius 3 is 2.88 bits per heavy atom. The Hall–Kier alpha value is -1.77. The van der Waals surface area contributed by atoms with Gasteiger partial charge in [0.15, 0.2) is 5.65 Å². The number of fused-ring (bicyclic) bond motifs is 1. The molecule has 0 unspecified atom stereocenters. The predicted octanol–water partition coefficient (Wildman–Crippen LogP) is 2.35. The van der Waals surface area contributed by atoms with E-state index in [1.165, 1.54) is 5.01 Å². The Kier molecular flexibility index (Phi) is 4.82. The van der Waals surface area contributed by atoms with Gasteiger partial charge in [-0.15, -0.1) is 11.3 Å². The minimum absolute atomic E-state index is 0.257. The van der Waals surface area contributed by atoms with E-state index in [0.29, 0.717) is 6.54 Å². The van der Waals surface area contributed by atoms with Crippen LogP contribution in [0.25, 0.3) is 11.0 Å². The van der Waals surface area contributed by atoms with Gasteiger partial charge >= 0.3 is 0 Å². The van der Waals surface area contributed by atoms with Crippen molar-refractivity contribution in [1.29, 1.82) is 0 Å². The van der Waals surface area contributed by atoms with Gasteiger partial charge in [0, 0.05) is 31.6 Å². The van der Waals surface area contributed by atoms with E-state index in [4.69, 9.17) is 11.6 Å². The SMILES string of the molecule is CCCc1nc(Cn2ncc3c(N4CCNCC4)nc(Cl)nc32)cs1. The molecule has 0 atom stereocenters. The Morgan fingerprint density at radius 2 is 2.08 bits per heavy atom. The van der Waals surface area contributed by atoms with Crippen molar-refractivity contribution in [3.8, 4) is 0 Å². The molecule has 1 N–H and O–H groups in total. The van der Waals surface area contributed by atoms with E-state index in [2.05, 4.69) is 42.6 Å². The summed E-state index contributed by atoms with van der Waals surface area (Å²) in [4.78, 5) is 15.8. The molecule has 3 aromatic heterocycles. The summed E-state index contributed by atoms with van der Waals surface area (Å²) < 4.78 is 1.86. The number of nitrogens with zero attached hydrogens (tertiary/aromatic N) is 6. The summed E-state index contributed by atoms with van der Waals surface area (Å²) >= 11 is 7.91. The van der Waals surface area contributed by atoms with Gasteiger partial charge in [0.2, 0.25) is 5.28 Å². The van der Waals surface area contributed by atoms with Crippen molar-refractivity contribution in [3.05, 3.63) is 27.6 Å². The van der Waals surface area contributed by atoms with Crippen molar-refractivity contribution in [1.82, 2.24) is 30.0 Å². The minimum Gasteiger partial charge on any atom is -0.353 e. The fourth-order valence-electron chi connectivity index (χ4n) is 3.05. The maximum atomic E-state index is 6.20. The fourth-order valence-corrected chi connectivity index (χ4v) is 4.10. The summed E-state index contributed by atoms with van der Waals surface area (Å²) in [6, 6.07) is 0. The molecule has 0 bridgehead atoms. The van der Waals surface area contributed by atoms with Gasteiger partial charge in [-0.3, -0.25) is 0 Å². The molecule has 25 heavy (non-hydrogen) atoms. The van der Waals surface area contributed by atoms with Gasteiger partial charge < -0.3 is 10.2 Å². The maximum absolute atomic E-state index is 6.20. The summed E-state index contributed by atoms with van der Waals surface area (Å²) in [6.07, 6.45) is 3.96. The van der Waals surface area contributed by atoms with Crippen LogP contribution in [-0.2, 0) is 13.0 Å². The molecular formula is C16H20ClN7S. The van der Waals surface area contributed by atoms with E-state index in [1.54, 1.807) is 11.3 Å². The zero-order valence-corrected chi connectivity index (χ0v) is 15.6. The van der Waals surface area contributed by atoms with E-state index >= 15 is 0 Å². The number of anilines is 1. The highest BCUT2D eigenvalue weighted by Gasteiger charge is 2.19. The number of halogens is 1. The number of aryl methyl sites for hydroxylation is 1. The normalized spacial score (nSPS) is 15.2. The number of nitrogens with one attached hydrogen (secondary N) is 1. The number of hydrogen-bond donors (Lipinski definition) is 1. The van der Waals surface area contributed by atoms with E-state index in [9.17, 15) is 0 Å². The lowest BCUT2D eigenvalue weighted by atomic mass is 10.3. The molecule has 1 saturated heterocycles. The van der Waals surface area contributed by atoms with E-state index in [-0.39, 0.29) is 5.28 Å². The summed E-state index contributed by atoms with van der Waals surface area (Å²) in [5, 5.41) is 12.3. The van der Waals surface area contributed by atoms with Gasteiger partial charge in [0.05, 0.1) is 28.8 Å². The number of thiazole rings is 1. The fraction of sp³-hybridized carbons (Fsp3) is 0.500. The second-order valence-electron chi connectivity index (χ2n) is 6.08. The van der Waals surface area contributed by atoms with E-state index < -0.39 is 0 Å². The quantitative estimate of drug-likeness (QED) is 0.688. The summed E-state index contributed by atoms with van der Waals surface area (Å²) in [5.74, 6) is 0.868. The monoisotopic (exact) mass is 377 g/mol. The molecule has 3 aromatic rings. The highest BCUT2D eigenvalue weighted by Crippen LogP contribution is 2.26. The minimum atomic E-state index is 0.257. The highest BCUT2D eigenvalue weighted by molar-refractivity contribution is 7.09. The number of aromatic nitrogens is 5. The Morgan fingerprint density at radius 1 is 1.24 bits per heavy atom. The molecular weight excluding hydrogens is 358 g/mol. The van der Waals surface area contributed by atoms with Crippen LogP contribution in [0.15, 0.2) is 11.6 Å². The first kappa shape index (κ1) is 16.7. The molecule has 132 valence electrons. The van der Waals surface area contributed by atoms with Crippen molar-refractivity contribution in [2.75, 3.05) is 31.1 Å². The molecule has 9 heteroatoms. The van der Waals surface area contributed by atoms with Crippen LogP contribution in [0, 0.1) is 0 Å². The smallest absolute Gasteiger partial charge is 0.226 e. The summed E-state index contributed by atoms with van der Waals surface area (Å²) in [7, 11) is 0. The average molecular weight is 378 g/mol. The van der Waals surface area contributed by atoms with Crippen LogP contribution < -0.4 is 10.2 Å². The first-order valence-corrected chi connectivity index (χ1v) is 9.78. The largest absolute Gasteiger partial charge is 0.353 e. The zero-order chi connectivity index (χ0) is 17.2. The number of rotatable bonds is 5. The van der Waals surface area contributed by atoms with Crippen LogP contribution in [0.1, 0.15) is 24.0 Å². The first-order chi connectivity index (χ1) is 12.2. The van der Waals surface area contributed by atoms with Gasteiger partial charge in [-0.2, -0.15) is 15.1 Å². The third-order valence-corrected chi connectivity index (χ3v) is 5.37. The van der Waals surface area contributed by atoms with Gasteiger partial charge in [0.25, 0.3) is 0 Å². The molecule has 1 fully saturated rings. The molecule has 1 aliphatic rings. The predicted molar refractivity (Wildman–Crippen MR) is 101 cm³/mol. The summed E-state index contributed by atoms with van der Waals surface area (Å²) in [5.41, 5.74) is 1.77. The lowest BCUT2D eigenvalue weighted by Gasteiger charge is -2.28. The first-order valence-electron chi connectivity index (χ1n) is 8.52. The van der Waals surface area contributed by atoms with Gasteiger partial charge in [-0.25, -0.2) is 9.67 Å². The topological polar surface area (TPSA) is 71.8 Å². The molecule has 0 radical (unpaired) electrons. The van der Waals surface area contributed by atoms with E-state index in [0.717, 1.165) is 61.6 Å². The van der Waals surface area contributed by atoms with Crippen molar-refractivity contribution in [3.63, 3.8) is 0 Å². The molecule has 0 saturated carbocycles. The maximum Gasteiger partial charge on any atom is 0.226 e. The molecule has 0 spiro atoms. The second kappa shape index (κ2) is 7.23.